The molecule has 0 atom stereocenters. The fourth-order valence-corrected chi connectivity index (χ4v) is 1.16. The molecule has 2 nitrogen and oxygen atoms in total. The highest BCUT2D eigenvalue weighted by molar-refractivity contribution is 5.35. The van der Waals surface area contributed by atoms with E-state index >= 15 is 0 Å². The summed E-state index contributed by atoms with van der Waals surface area (Å²) in [6.45, 7) is 6.32. The lowest BCUT2D eigenvalue weighted by Gasteiger charge is -1.97. The van der Waals surface area contributed by atoms with Crippen LogP contribution in [0.1, 0.15) is 38.2 Å². The van der Waals surface area contributed by atoms with Gasteiger partial charge in [-0.1, -0.05) is 20.8 Å². The SMILES string of the molecule is CCc1cc([NH3+])c(C(C)C)o1. The van der Waals surface area contributed by atoms with Crippen molar-refractivity contribution in [1.29, 1.82) is 0 Å². The first-order chi connectivity index (χ1) is 5.15. The van der Waals surface area contributed by atoms with Crippen molar-refractivity contribution in [1.82, 2.24) is 0 Å². The monoisotopic (exact) mass is 154 g/mol. The lowest BCUT2D eigenvalue weighted by atomic mass is 10.1. The molecule has 0 bridgehead atoms. The second kappa shape index (κ2) is 3.09. The van der Waals surface area contributed by atoms with E-state index < -0.39 is 0 Å². The molecule has 62 valence electrons. The van der Waals surface area contributed by atoms with Gasteiger partial charge in [0.2, 0.25) is 0 Å². The van der Waals surface area contributed by atoms with E-state index in [1.165, 1.54) is 0 Å². The average Bonchev–Trinajstić information content (AvgIpc) is 2.30. The van der Waals surface area contributed by atoms with Gasteiger partial charge in [-0.05, 0) is 0 Å². The van der Waals surface area contributed by atoms with Crippen LogP contribution in [0.25, 0.3) is 0 Å². The number of hydrogen-bond donors (Lipinski definition) is 1. The van der Waals surface area contributed by atoms with Gasteiger partial charge in [0.1, 0.15) is 5.76 Å². The first-order valence-corrected chi connectivity index (χ1v) is 4.09. The molecule has 0 amide bonds. The maximum atomic E-state index is 5.56. The van der Waals surface area contributed by atoms with Crippen molar-refractivity contribution in [3.63, 3.8) is 0 Å². The van der Waals surface area contributed by atoms with E-state index in [9.17, 15) is 0 Å². The minimum Gasteiger partial charge on any atom is -0.459 e. The zero-order valence-electron chi connectivity index (χ0n) is 7.48. The van der Waals surface area contributed by atoms with Crippen LogP contribution < -0.4 is 5.73 Å². The molecule has 0 aliphatic rings. The molecule has 0 unspecified atom stereocenters. The van der Waals surface area contributed by atoms with Gasteiger partial charge in [0.15, 0.2) is 11.4 Å². The van der Waals surface area contributed by atoms with Crippen LogP contribution in [-0.2, 0) is 6.42 Å². The molecule has 3 N–H and O–H groups in total. The first kappa shape index (κ1) is 8.34. The summed E-state index contributed by atoms with van der Waals surface area (Å²) in [6.07, 6.45) is 0.954. The Morgan fingerprint density at radius 2 is 2.18 bits per heavy atom. The van der Waals surface area contributed by atoms with Gasteiger partial charge in [0.05, 0.1) is 0 Å². The smallest absolute Gasteiger partial charge is 0.170 e. The molecule has 0 saturated carbocycles. The number of quaternary nitrogens is 1. The molecule has 1 rings (SSSR count). The van der Waals surface area contributed by atoms with Crippen molar-refractivity contribution in [2.24, 2.45) is 0 Å². The van der Waals surface area contributed by atoms with Crippen molar-refractivity contribution in [3.8, 4) is 0 Å². The van der Waals surface area contributed by atoms with E-state index in [1.807, 2.05) is 6.07 Å². The normalized spacial score (nSPS) is 11.0. The summed E-state index contributed by atoms with van der Waals surface area (Å²) in [6, 6.07) is 2.02. The van der Waals surface area contributed by atoms with Crippen molar-refractivity contribution in [3.05, 3.63) is 17.6 Å². The fraction of sp³-hybridized carbons (Fsp3) is 0.556. The van der Waals surface area contributed by atoms with Crippen molar-refractivity contribution in [2.45, 2.75) is 33.1 Å². The van der Waals surface area contributed by atoms with E-state index in [-0.39, 0.29) is 0 Å². The summed E-state index contributed by atoms with van der Waals surface area (Å²) in [5, 5.41) is 0. The molecule has 1 heterocycles. The third kappa shape index (κ3) is 1.63. The van der Waals surface area contributed by atoms with Crippen LogP contribution in [0, 0.1) is 0 Å². The lowest BCUT2D eigenvalue weighted by Crippen LogP contribution is -2.40. The molecule has 1 aromatic rings. The van der Waals surface area contributed by atoms with E-state index in [1.54, 1.807) is 0 Å². The molecule has 0 aliphatic carbocycles. The van der Waals surface area contributed by atoms with Crippen LogP contribution in [0.3, 0.4) is 0 Å². The Labute approximate surface area is 67.4 Å². The van der Waals surface area contributed by atoms with Gasteiger partial charge >= 0.3 is 0 Å². The Morgan fingerprint density at radius 3 is 2.45 bits per heavy atom. The maximum absolute atomic E-state index is 5.56. The second-order valence-corrected chi connectivity index (χ2v) is 3.11. The molecular weight excluding hydrogens is 138 g/mol. The number of rotatable bonds is 2. The minimum absolute atomic E-state index is 0.447. The molecule has 0 aliphatic heterocycles. The van der Waals surface area contributed by atoms with Crippen LogP contribution in [-0.4, -0.2) is 0 Å². The molecule has 0 spiro atoms. The largest absolute Gasteiger partial charge is 0.459 e. The lowest BCUT2D eigenvalue weighted by molar-refractivity contribution is -0.256. The van der Waals surface area contributed by atoms with Gasteiger partial charge in [-0.2, -0.15) is 0 Å². The zero-order chi connectivity index (χ0) is 8.43. The molecule has 1 aromatic heterocycles. The highest BCUT2D eigenvalue weighted by Crippen LogP contribution is 2.24. The Balaban J connectivity index is 2.97. The standard InChI is InChI=1S/C9H15NO/c1-4-7-5-8(10)9(11-7)6(2)3/h5-6H,4,10H2,1-3H3/p+1. The zero-order valence-corrected chi connectivity index (χ0v) is 7.48. The van der Waals surface area contributed by atoms with Gasteiger partial charge in [0, 0.05) is 18.4 Å². The van der Waals surface area contributed by atoms with Crippen LogP contribution in [0.2, 0.25) is 0 Å². The van der Waals surface area contributed by atoms with Gasteiger partial charge < -0.3 is 10.2 Å². The molecule has 11 heavy (non-hydrogen) atoms. The van der Waals surface area contributed by atoms with E-state index in [0.29, 0.717) is 5.92 Å². The maximum Gasteiger partial charge on any atom is 0.170 e. The van der Waals surface area contributed by atoms with Gasteiger partial charge in [-0.3, -0.25) is 0 Å². The number of hydrogen-bond acceptors (Lipinski definition) is 1. The molecule has 0 saturated heterocycles. The molecule has 0 fully saturated rings. The number of aryl methyl sites for hydroxylation is 1. The highest BCUT2D eigenvalue weighted by Gasteiger charge is 2.13. The van der Waals surface area contributed by atoms with Crippen molar-refractivity contribution >= 4 is 5.69 Å². The van der Waals surface area contributed by atoms with Crippen LogP contribution in [0.15, 0.2) is 10.5 Å². The topological polar surface area (TPSA) is 40.8 Å². The molecule has 0 radical (unpaired) electrons. The minimum atomic E-state index is 0.447. The highest BCUT2D eigenvalue weighted by atomic mass is 16.3. The molecule has 0 aromatic carbocycles. The van der Waals surface area contributed by atoms with E-state index in [4.69, 9.17) is 4.42 Å². The summed E-state index contributed by atoms with van der Waals surface area (Å²) < 4.78 is 5.56. The van der Waals surface area contributed by atoms with Gasteiger partial charge in [0.25, 0.3) is 0 Å². The Morgan fingerprint density at radius 1 is 1.55 bits per heavy atom. The van der Waals surface area contributed by atoms with Crippen LogP contribution in [0.4, 0.5) is 5.69 Å². The van der Waals surface area contributed by atoms with Gasteiger partial charge in [-0.25, -0.2) is 0 Å². The third-order valence-electron chi connectivity index (χ3n) is 1.77. The summed E-state index contributed by atoms with van der Waals surface area (Å²) in [5.74, 6) is 2.52. The fourth-order valence-electron chi connectivity index (χ4n) is 1.16. The summed E-state index contributed by atoms with van der Waals surface area (Å²) in [7, 11) is 0. The molecule has 2 heteroatoms. The van der Waals surface area contributed by atoms with Gasteiger partial charge in [-0.15, -0.1) is 0 Å². The second-order valence-electron chi connectivity index (χ2n) is 3.11. The van der Waals surface area contributed by atoms with Crippen LogP contribution >= 0.6 is 0 Å². The summed E-state index contributed by atoms with van der Waals surface area (Å²) in [5.41, 5.74) is 4.96. The first-order valence-electron chi connectivity index (χ1n) is 4.09. The van der Waals surface area contributed by atoms with Crippen molar-refractivity contribution in [2.75, 3.05) is 0 Å². The van der Waals surface area contributed by atoms with Crippen LogP contribution in [0.5, 0.6) is 0 Å². The third-order valence-corrected chi connectivity index (χ3v) is 1.77. The molecular formula is C9H16NO+. The summed E-state index contributed by atoms with van der Waals surface area (Å²) in [4.78, 5) is 0. The Kier molecular flexibility index (Phi) is 2.35. The Hall–Kier alpha value is -0.760. The predicted molar refractivity (Wildman–Crippen MR) is 44.7 cm³/mol. The van der Waals surface area contributed by atoms with Crippen molar-refractivity contribution < 1.29 is 10.2 Å². The average molecular weight is 154 g/mol. The number of furan rings is 1. The summed E-state index contributed by atoms with van der Waals surface area (Å²) >= 11 is 0. The quantitative estimate of drug-likeness (QED) is 0.693. The van der Waals surface area contributed by atoms with E-state index in [2.05, 4.69) is 26.5 Å². The Bertz CT molecular complexity index is 238. The predicted octanol–water partition coefficient (Wildman–Crippen LogP) is 1.84. The van der Waals surface area contributed by atoms with E-state index in [0.717, 1.165) is 23.6 Å².